The van der Waals surface area contributed by atoms with Gasteiger partial charge in [0.1, 0.15) is 0 Å². The van der Waals surface area contributed by atoms with Gasteiger partial charge in [-0.15, -0.1) is 0 Å². The number of halogens is 1. The van der Waals surface area contributed by atoms with E-state index < -0.39 is 0 Å². The van der Waals surface area contributed by atoms with Gasteiger partial charge in [0.05, 0.1) is 0 Å². The van der Waals surface area contributed by atoms with Crippen molar-refractivity contribution in [3.63, 3.8) is 0 Å². The van der Waals surface area contributed by atoms with Crippen LogP contribution in [0.25, 0.3) is 0 Å². The number of nitrogens with zero attached hydrogens (tertiary/aromatic N) is 2. The minimum Gasteiger partial charge on any atom is -0.378 e. The Labute approximate surface area is 123 Å². The van der Waals surface area contributed by atoms with E-state index in [1.807, 2.05) is 48.2 Å². The molecule has 1 amide bonds. The number of carbonyl (C=O) groups is 1. The Kier molecular flexibility index (Phi) is 4.86. The summed E-state index contributed by atoms with van der Waals surface area (Å²) in [4.78, 5) is 16.5. The molecule has 3 nitrogen and oxygen atoms in total. The number of benzene rings is 1. The summed E-state index contributed by atoms with van der Waals surface area (Å²) in [5.41, 5.74) is 1.87. The van der Waals surface area contributed by atoms with E-state index in [0.717, 1.165) is 48.4 Å². The van der Waals surface area contributed by atoms with Crippen molar-refractivity contribution >= 4 is 27.5 Å². The van der Waals surface area contributed by atoms with Crippen molar-refractivity contribution in [1.82, 2.24) is 4.90 Å². The van der Waals surface area contributed by atoms with E-state index in [4.69, 9.17) is 0 Å². The van der Waals surface area contributed by atoms with Crippen LogP contribution in [-0.2, 0) is 0 Å². The number of anilines is 1. The van der Waals surface area contributed by atoms with Crippen LogP contribution in [0.5, 0.6) is 0 Å². The Morgan fingerprint density at radius 2 is 2.05 bits per heavy atom. The van der Waals surface area contributed by atoms with Crippen LogP contribution in [0.2, 0.25) is 0 Å². The largest absolute Gasteiger partial charge is 0.378 e. The van der Waals surface area contributed by atoms with Crippen LogP contribution < -0.4 is 4.90 Å². The molecule has 1 aromatic carbocycles. The monoisotopic (exact) mass is 324 g/mol. The predicted molar refractivity (Wildman–Crippen MR) is 83.2 cm³/mol. The fourth-order valence-corrected chi connectivity index (χ4v) is 3.04. The molecule has 1 aliphatic rings. The van der Waals surface area contributed by atoms with Crippen LogP contribution in [0, 0.1) is 5.92 Å². The second-order valence-corrected chi connectivity index (χ2v) is 5.98. The minimum atomic E-state index is 0.164. The number of hydrogen-bond acceptors (Lipinski definition) is 2. The molecule has 104 valence electrons. The predicted octanol–water partition coefficient (Wildman–Crippen LogP) is 3.00. The number of carbonyl (C=O) groups excluding carboxylic acids is 1. The van der Waals surface area contributed by atoms with E-state index in [2.05, 4.69) is 15.9 Å². The maximum absolute atomic E-state index is 12.5. The molecule has 1 heterocycles. The SMILES string of the molecule is CN(C)c1cccc(C(=O)N2CCC(CBr)CC2)c1. The highest BCUT2D eigenvalue weighted by molar-refractivity contribution is 9.09. The summed E-state index contributed by atoms with van der Waals surface area (Å²) < 4.78 is 0. The molecule has 19 heavy (non-hydrogen) atoms. The van der Waals surface area contributed by atoms with Crippen molar-refractivity contribution in [3.8, 4) is 0 Å². The fraction of sp³-hybridized carbons (Fsp3) is 0.533. The van der Waals surface area contributed by atoms with Crippen LogP contribution in [0.3, 0.4) is 0 Å². The van der Waals surface area contributed by atoms with Gasteiger partial charge in [-0.2, -0.15) is 0 Å². The van der Waals surface area contributed by atoms with Gasteiger partial charge < -0.3 is 9.80 Å². The molecule has 0 unspecified atom stereocenters. The molecule has 2 rings (SSSR count). The van der Waals surface area contributed by atoms with E-state index in [1.54, 1.807) is 0 Å². The minimum absolute atomic E-state index is 0.164. The van der Waals surface area contributed by atoms with E-state index in [0.29, 0.717) is 0 Å². The molecule has 1 aromatic rings. The average Bonchev–Trinajstić information content (AvgIpc) is 2.46. The van der Waals surface area contributed by atoms with Crippen LogP contribution in [0.1, 0.15) is 23.2 Å². The first-order valence-corrected chi connectivity index (χ1v) is 7.86. The Bertz CT molecular complexity index is 440. The molecule has 0 atom stereocenters. The van der Waals surface area contributed by atoms with Crippen molar-refractivity contribution in [1.29, 1.82) is 0 Å². The van der Waals surface area contributed by atoms with Gasteiger partial charge in [-0.1, -0.05) is 22.0 Å². The first kappa shape index (κ1) is 14.4. The zero-order valence-electron chi connectivity index (χ0n) is 11.6. The standard InChI is InChI=1S/C15H21BrN2O/c1-17(2)14-5-3-4-13(10-14)15(19)18-8-6-12(11-16)7-9-18/h3-5,10,12H,6-9,11H2,1-2H3. The van der Waals surface area contributed by atoms with Gasteiger partial charge in [-0.25, -0.2) is 0 Å². The summed E-state index contributed by atoms with van der Waals surface area (Å²) in [5, 5.41) is 1.05. The summed E-state index contributed by atoms with van der Waals surface area (Å²) in [6, 6.07) is 7.85. The van der Waals surface area contributed by atoms with Gasteiger partial charge >= 0.3 is 0 Å². The molecule has 0 bridgehead atoms. The fourth-order valence-electron chi connectivity index (χ4n) is 2.39. The summed E-state index contributed by atoms with van der Waals surface area (Å²) in [6.07, 6.45) is 2.20. The molecule has 1 aliphatic heterocycles. The van der Waals surface area contributed by atoms with Gasteiger partial charge in [-0.3, -0.25) is 4.79 Å². The molecule has 0 saturated carbocycles. The summed E-state index contributed by atoms with van der Waals surface area (Å²) >= 11 is 3.53. The van der Waals surface area contributed by atoms with Crippen LogP contribution in [-0.4, -0.2) is 43.3 Å². The van der Waals surface area contributed by atoms with Gasteiger partial charge in [0.15, 0.2) is 0 Å². The lowest BCUT2D eigenvalue weighted by Crippen LogP contribution is -2.38. The van der Waals surface area contributed by atoms with Crippen molar-refractivity contribution in [3.05, 3.63) is 29.8 Å². The Morgan fingerprint density at radius 3 is 2.63 bits per heavy atom. The van der Waals surface area contributed by atoms with E-state index in [-0.39, 0.29) is 5.91 Å². The topological polar surface area (TPSA) is 23.6 Å². The van der Waals surface area contributed by atoms with E-state index >= 15 is 0 Å². The lowest BCUT2D eigenvalue weighted by Gasteiger charge is -2.31. The number of alkyl halides is 1. The molecule has 4 heteroatoms. The lowest BCUT2D eigenvalue weighted by molar-refractivity contribution is 0.0699. The smallest absolute Gasteiger partial charge is 0.253 e. The van der Waals surface area contributed by atoms with Gasteiger partial charge in [0, 0.05) is 43.8 Å². The molecule has 0 N–H and O–H groups in total. The first-order chi connectivity index (χ1) is 9.11. The van der Waals surface area contributed by atoms with Crippen molar-refractivity contribution in [2.24, 2.45) is 5.92 Å². The number of rotatable bonds is 3. The highest BCUT2D eigenvalue weighted by Gasteiger charge is 2.23. The average molecular weight is 325 g/mol. The maximum atomic E-state index is 12.5. The van der Waals surface area contributed by atoms with Crippen molar-refractivity contribution < 1.29 is 4.79 Å². The van der Waals surface area contributed by atoms with E-state index in [1.165, 1.54) is 0 Å². The highest BCUT2D eigenvalue weighted by atomic mass is 79.9. The Hall–Kier alpha value is -1.03. The third-order valence-electron chi connectivity index (χ3n) is 3.73. The quantitative estimate of drug-likeness (QED) is 0.798. The van der Waals surface area contributed by atoms with Gasteiger partial charge in [-0.05, 0) is 37.0 Å². The number of amides is 1. The summed E-state index contributed by atoms with van der Waals surface area (Å²) in [7, 11) is 3.98. The molecule has 0 spiro atoms. The van der Waals surface area contributed by atoms with Crippen molar-refractivity contribution in [2.45, 2.75) is 12.8 Å². The summed E-state index contributed by atoms with van der Waals surface area (Å²) in [5.74, 6) is 0.883. The molecular formula is C15H21BrN2O. The Balaban J connectivity index is 2.06. The molecule has 1 saturated heterocycles. The molecule has 0 radical (unpaired) electrons. The number of likely N-dealkylation sites (tertiary alicyclic amines) is 1. The van der Waals surface area contributed by atoms with Crippen LogP contribution in [0.4, 0.5) is 5.69 Å². The Morgan fingerprint density at radius 1 is 1.37 bits per heavy atom. The van der Waals surface area contributed by atoms with E-state index in [9.17, 15) is 4.79 Å². The normalized spacial score (nSPS) is 16.5. The molecule has 0 aromatic heterocycles. The number of piperidine rings is 1. The van der Waals surface area contributed by atoms with Crippen molar-refractivity contribution in [2.75, 3.05) is 37.4 Å². The second kappa shape index (κ2) is 6.42. The second-order valence-electron chi connectivity index (χ2n) is 5.33. The lowest BCUT2D eigenvalue weighted by atomic mass is 9.98. The third kappa shape index (κ3) is 3.50. The van der Waals surface area contributed by atoms with Gasteiger partial charge in [0.2, 0.25) is 0 Å². The molecule has 0 aliphatic carbocycles. The van der Waals surface area contributed by atoms with Gasteiger partial charge in [0.25, 0.3) is 5.91 Å². The zero-order valence-corrected chi connectivity index (χ0v) is 13.2. The molecule has 1 fully saturated rings. The first-order valence-electron chi connectivity index (χ1n) is 6.74. The van der Waals surface area contributed by atoms with Crippen LogP contribution in [0.15, 0.2) is 24.3 Å². The maximum Gasteiger partial charge on any atom is 0.253 e. The highest BCUT2D eigenvalue weighted by Crippen LogP contribution is 2.21. The summed E-state index contributed by atoms with van der Waals surface area (Å²) in [6.45, 7) is 1.75. The zero-order chi connectivity index (χ0) is 13.8. The third-order valence-corrected chi connectivity index (χ3v) is 4.65. The molecular weight excluding hydrogens is 304 g/mol. The number of hydrogen-bond donors (Lipinski definition) is 0. The van der Waals surface area contributed by atoms with Crippen LogP contribution >= 0.6 is 15.9 Å².